The quantitative estimate of drug-likeness (QED) is 0.201. The zero-order valence-electron chi connectivity index (χ0n) is 21.9. The standard InChI is InChI=1S/C29H26F6N2O3S/c1-39-24-12-17(13-25-26(38)36-27(41-25)37-11-10-18-4-2-3-5-19(18)15-37)6-9-23(24)40-16-20-7-8-21(28(30,31)32)14-22(20)29(33,34)35/h5-9,12-14,18H,2-4,10-11,15-16H2,1H3. The fraction of sp³-hybridized carbons (Fsp3) is 0.379. The number of fused-ring (bicyclic) bond motifs is 1. The molecule has 2 heterocycles. The van der Waals surface area contributed by atoms with E-state index in [0.717, 1.165) is 32.0 Å². The highest BCUT2D eigenvalue weighted by molar-refractivity contribution is 8.18. The summed E-state index contributed by atoms with van der Waals surface area (Å²) >= 11 is 1.29. The van der Waals surface area contributed by atoms with E-state index in [1.165, 1.54) is 43.4 Å². The first kappa shape index (κ1) is 29.1. The number of amidine groups is 1. The van der Waals surface area contributed by atoms with Crippen LogP contribution in [-0.4, -0.2) is 36.2 Å². The number of rotatable bonds is 5. The first-order valence-corrected chi connectivity index (χ1v) is 13.8. The SMILES string of the molecule is COc1cc(C=C2SC(N3CCC4CCCC=C4C3)=NC2=O)ccc1OCc1ccc(C(F)(F)F)cc1C(F)(F)F. The maximum atomic E-state index is 13.5. The topological polar surface area (TPSA) is 51.1 Å². The van der Waals surface area contributed by atoms with E-state index in [9.17, 15) is 31.1 Å². The predicted molar refractivity (Wildman–Crippen MR) is 143 cm³/mol. The van der Waals surface area contributed by atoms with Gasteiger partial charge in [-0.2, -0.15) is 31.3 Å². The summed E-state index contributed by atoms with van der Waals surface area (Å²) in [6.45, 7) is 0.970. The number of ether oxygens (including phenoxy) is 2. The van der Waals surface area contributed by atoms with Crippen LogP contribution in [0.3, 0.4) is 0 Å². The third kappa shape index (κ3) is 6.58. The van der Waals surface area contributed by atoms with Crippen LogP contribution in [0.15, 0.2) is 57.9 Å². The van der Waals surface area contributed by atoms with E-state index in [4.69, 9.17) is 9.47 Å². The van der Waals surface area contributed by atoms with Crippen molar-refractivity contribution in [1.29, 1.82) is 0 Å². The number of alkyl halides is 6. The van der Waals surface area contributed by atoms with Gasteiger partial charge in [-0.25, -0.2) is 0 Å². The Kier molecular flexibility index (Phi) is 8.13. The normalized spacial score (nSPS) is 20.6. The van der Waals surface area contributed by atoms with E-state index < -0.39 is 35.6 Å². The third-order valence-corrected chi connectivity index (χ3v) is 8.34. The van der Waals surface area contributed by atoms with Gasteiger partial charge in [-0.05, 0) is 79.3 Å². The molecule has 41 heavy (non-hydrogen) atoms. The summed E-state index contributed by atoms with van der Waals surface area (Å²) in [5.41, 5.74) is -1.28. The van der Waals surface area contributed by atoms with Crippen molar-refractivity contribution in [3.8, 4) is 11.5 Å². The Morgan fingerprint density at radius 3 is 2.59 bits per heavy atom. The van der Waals surface area contributed by atoms with E-state index in [1.807, 2.05) is 0 Å². The van der Waals surface area contributed by atoms with Crippen molar-refractivity contribution < 1.29 is 40.6 Å². The van der Waals surface area contributed by atoms with Gasteiger partial charge in [-0.3, -0.25) is 4.79 Å². The molecule has 1 unspecified atom stereocenters. The fourth-order valence-electron chi connectivity index (χ4n) is 5.18. The number of carbonyl (C=O) groups excluding carboxylic acids is 1. The van der Waals surface area contributed by atoms with Gasteiger partial charge in [0.1, 0.15) is 6.61 Å². The highest BCUT2D eigenvalue weighted by Gasteiger charge is 2.38. The highest BCUT2D eigenvalue weighted by Crippen LogP contribution is 2.40. The lowest BCUT2D eigenvalue weighted by Gasteiger charge is -2.36. The Labute approximate surface area is 236 Å². The Balaban J connectivity index is 1.29. The Hall–Kier alpha value is -3.41. The number of thioether (sulfide) groups is 1. The molecule has 5 nitrogen and oxygen atoms in total. The molecule has 2 aromatic rings. The van der Waals surface area contributed by atoms with Crippen LogP contribution in [0.1, 0.15) is 47.9 Å². The highest BCUT2D eigenvalue weighted by atomic mass is 32.2. The summed E-state index contributed by atoms with van der Waals surface area (Å²) in [4.78, 5) is 19.5. The summed E-state index contributed by atoms with van der Waals surface area (Å²) in [5.74, 6) is 0.535. The van der Waals surface area contributed by atoms with Gasteiger partial charge >= 0.3 is 12.4 Å². The maximum absolute atomic E-state index is 13.5. The molecule has 0 saturated carbocycles. The Morgan fingerprint density at radius 1 is 1.05 bits per heavy atom. The number of allylic oxidation sites excluding steroid dienone is 1. The Morgan fingerprint density at radius 2 is 1.85 bits per heavy atom. The van der Waals surface area contributed by atoms with Gasteiger partial charge in [-0.15, -0.1) is 0 Å². The van der Waals surface area contributed by atoms with Crippen LogP contribution >= 0.6 is 11.8 Å². The summed E-state index contributed by atoms with van der Waals surface area (Å²) in [6.07, 6.45) is -1.42. The minimum atomic E-state index is -5.00. The zero-order chi connectivity index (χ0) is 29.4. The summed E-state index contributed by atoms with van der Waals surface area (Å²) in [7, 11) is 1.35. The monoisotopic (exact) mass is 596 g/mol. The van der Waals surface area contributed by atoms with Crippen LogP contribution in [0.2, 0.25) is 0 Å². The third-order valence-electron chi connectivity index (χ3n) is 7.30. The molecule has 1 saturated heterocycles. The summed E-state index contributed by atoms with van der Waals surface area (Å²) < 4.78 is 90.2. The number of methoxy groups -OCH3 is 1. The van der Waals surface area contributed by atoms with Gasteiger partial charge in [0.25, 0.3) is 5.91 Å². The van der Waals surface area contributed by atoms with Crippen molar-refractivity contribution in [3.05, 3.63) is 75.2 Å². The van der Waals surface area contributed by atoms with Gasteiger partial charge in [0.2, 0.25) is 0 Å². The number of amides is 1. The second kappa shape index (κ2) is 11.5. The molecule has 0 N–H and O–H groups in total. The second-order valence-electron chi connectivity index (χ2n) is 9.99. The molecule has 1 aliphatic carbocycles. The average Bonchev–Trinajstić information content (AvgIpc) is 3.30. The molecular weight excluding hydrogens is 570 g/mol. The lowest BCUT2D eigenvalue weighted by Crippen LogP contribution is -2.38. The van der Waals surface area contributed by atoms with Gasteiger partial charge in [0, 0.05) is 18.7 Å². The van der Waals surface area contributed by atoms with Gasteiger partial charge in [0.05, 0.1) is 23.1 Å². The van der Waals surface area contributed by atoms with Crippen molar-refractivity contribution in [3.63, 3.8) is 0 Å². The lowest BCUT2D eigenvalue weighted by molar-refractivity contribution is -0.143. The first-order chi connectivity index (χ1) is 19.4. The molecule has 1 amide bonds. The number of likely N-dealkylation sites (tertiary alicyclic amines) is 1. The zero-order valence-corrected chi connectivity index (χ0v) is 22.8. The second-order valence-corrected chi connectivity index (χ2v) is 11.0. The van der Waals surface area contributed by atoms with Crippen LogP contribution in [0.5, 0.6) is 11.5 Å². The van der Waals surface area contributed by atoms with E-state index in [-0.39, 0.29) is 23.5 Å². The van der Waals surface area contributed by atoms with Crippen molar-refractivity contribution in [2.75, 3.05) is 20.2 Å². The summed E-state index contributed by atoms with van der Waals surface area (Å²) in [5, 5.41) is 0.662. The van der Waals surface area contributed by atoms with Crippen LogP contribution in [0.4, 0.5) is 26.3 Å². The van der Waals surface area contributed by atoms with Crippen LogP contribution in [-0.2, 0) is 23.8 Å². The number of carbonyl (C=O) groups is 1. The molecule has 218 valence electrons. The average molecular weight is 597 g/mol. The molecule has 2 aliphatic heterocycles. The molecule has 1 atom stereocenters. The predicted octanol–water partition coefficient (Wildman–Crippen LogP) is 7.71. The molecule has 2 aromatic carbocycles. The van der Waals surface area contributed by atoms with Gasteiger partial charge in [0.15, 0.2) is 16.7 Å². The number of hydrogen-bond donors (Lipinski definition) is 0. The number of piperidine rings is 1. The van der Waals surface area contributed by atoms with Crippen molar-refractivity contribution >= 4 is 28.9 Å². The van der Waals surface area contributed by atoms with Crippen molar-refractivity contribution in [2.24, 2.45) is 10.9 Å². The van der Waals surface area contributed by atoms with Crippen LogP contribution < -0.4 is 9.47 Å². The fourth-order valence-corrected chi connectivity index (χ4v) is 6.12. The van der Waals surface area contributed by atoms with Crippen molar-refractivity contribution in [1.82, 2.24) is 4.90 Å². The minimum absolute atomic E-state index is 0.0755. The van der Waals surface area contributed by atoms with E-state index in [0.29, 0.717) is 27.6 Å². The first-order valence-electron chi connectivity index (χ1n) is 13.0. The van der Waals surface area contributed by atoms with Gasteiger partial charge < -0.3 is 14.4 Å². The number of benzene rings is 2. The number of aliphatic imine (C=N–C) groups is 1. The summed E-state index contributed by atoms with van der Waals surface area (Å²) in [6, 6.07) is 6.04. The van der Waals surface area contributed by atoms with Crippen LogP contribution in [0.25, 0.3) is 6.08 Å². The molecule has 5 rings (SSSR count). The van der Waals surface area contributed by atoms with E-state index in [2.05, 4.69) is 16.0 Å². The number of hydrogen-bond acceptors (Lipinski definition) is 5. The maximum Gasteiger partial charge on any atom is 0.416 e. The number of halogens is 6. The van der Waals surface area contributed by atoms with Crippen molar-refractivity contribution in [2.45, 2.75) is 44.6 Å². The molecule has 0 spiro atoms. The molecule has 0 radical (unpaired) electrons. The smallest absolute Gasteiger partial charge is 0.416 e. The molecule has 3 aliphatic rings. The minimum Gasteiger partial charge on any atom is -0.493 e. The van der Waals surface area contributed by atoms with Crippen LogP contribution in [0, 0.1) is 5.92 Å². The lowest BCUT2D eigenvalue weighted by atomic mass is 9.83. The molecule has 1 fully saturated rings. The van der Waals surface area contributed by atoms with Gasteiger partial charge in [-0.1, -0.05) is 23.8 Å². The Bertz CT molecular complexity index is 1430. The number of nitrogens with zero attached hydrogens (tertiary/aromatic N) is 2. The van der Waals surface area contributed by atoms with E-state index >= 15 is 0 Å². The molecular formula is C29H26F6N2O3S. The molecule has 0 aromatic heterocycles. The molecule has 0 bridgehead atoms. The largest absolute Gasteiger partial charge is 0.493 e. The van der Waals surface area contributed by atoms with E-state index in [1.54, 1.807) is 18.2 Å². The molecule has 12 heteroatoms.